The zero-order valence-corrected chi connectivity index (χ0v) is 19.2. The first-order valence-electron chi connectivity index (χ1n) is 9.73. The van der Waals surface area contributed by atoms with E-state index in [1.807, 2.05) is 4.98 Å². The molecule has 34 heavy (non-hydrogen) atoms. The number of aromatic amines is 1. The van der Waals surface area contributed by atoms with E-state index in [9.17, 15) is 48.9 Å². The van der Waals surface area contributed by atoms with Gasteiger partial charge in [0.2, 0.25) is 0 Å². The Morgan fingerprint density at radius 1 is 1.09 bits per heavy atom. The molecular formula is C15H24N2O15P2. The van der Waals surface area contributed by atoms with Crippen molar-refractivity contribution in [3.05, 3.63) is 33.1 Å². The van der Waals surface area contributed by atoms with E-state index in [1.54, 1.807) is 0 Å². The fraction of sp³-hybridized carbons (Fsp3) is 0.733. The zero-order chi connectivity index (χ0) is 25.4. The van der Waals surface area contributed by atoms with Gasteiger partial charge >= 0.3 is 21.3 Å². The van der Waals surface area contributed by atoms with E-state index in [-0.39, 0.29) is 6.42 Å². The lowest BCUT2D eigenvalue weighted by Crippen LogP contribution is -2.48. The predicted molar refractivity (Wildman–Crippen MR) is 106 cm³/mol. The summed E-state index contributed by atoms with van der Waals surface area (Å²) in [5.41, 5.74) is -1.69. The van der Waals surface area contributed by atoms with Crippen molar-refractivity contribution in [3.63, 3.8) is 0 Å². The first kappa shape index (κ1) is 27.3. The van der Waals surface area contributed by atoms with Gasteiger partial charge in [-0.1, -0.05) is 0 Å². The summed E-state index contributed by atoms with van der Waals surface area (Å²) in [5, 5.41) is 39.7. The highest BCUT2D eigenvalue weighted by Gasteiger charge is 2.47. The number of aromatic nitrogens is 2. The molecular weight excluding hydrogens is 510 g/mol. The van der Waals surface area contributed by atoms with Gasteiger partial charge in [-0.25, -0.2) is 13.9 Å². The van der Waals surface area contributed by atoms with Crippen molar-refractivity contribution in [3.8, 4) is 0 Å². The molecule has 19 heteroatoms. The van der Waals surface area contributed by atoms with Crippen LogP contribution in [0.25, 0.3) is 0 Å². The number of hydrogen-bond donors (Lipinski definition) is 7. The van der Waals surface area contributed by atoms with E-state index in [2.05, 4.69) is 13.4 Å². The molecule has 0 aliphatic carbocycles. The minimum Gasteiger partial charge on any atom is -0.390 e. The summed E-state index contributed by atoms with van der Waals surface area (Å²) < 4.78 is 48.5. The molecule has 2 saturated heterocycles. The van der Waals surface area contributed by atoms with Crippen molar-refractivity contribution in [2.24, 2.45) is 0 Å². The molecule has 7 N–H and O–H groups in total. The lowest BCUT2D eigenvalue weighted by molar-refractivity contribution is -0.235. The first-order chi connectivity index (χ1) is 15.7. The molecule has 1 aromatic rings. The molecule has 0 bridgehead atoms. The molecule has 2 fully saturated rings. The maximum absolute atomic E-state index is 12.1. The highest BCUT2D eigenvalue weighted by Crippen LogP contribution is 2.61. The number of H-pyrrole nitrogens is 1. The standard InChI is InChI=1S/C15H24N2O15P2/c1-6-4-7(18)10(20)14(29-6)31-34(26,27)32-33(24,25)28-5-8-11(21)12(22)13(30-8)17-3-2-9(19)16-15(17)23/h2-3,6-8,10-14,18,20-22H,4-5H2,1H3,(H,24,25)(H,26,27)(H,16,19,23)/t6-,7+,8-,10-,11-,12-,13-,14-/m1/s1. The van der Waals surface area contributed by atoms with Crippen molar-refractivity contribution < 1.29 is 62.2 Å². The third-order valence-electron chi connectivity index (χ3n) is 4.92. The molecule has 3 heterocycles. The van der Waals surface area contributed by atoms with E-state index in [0.717, 1.165) is 16.8 Å². The fourth-order valence-corrected chi connectivity index (χ4v) is 5.47. The Kier molecular flexibility index (Phi) is 8.32. The van der Waals surface area contributed by atoms with E-state index >= 15 is 0 Å². The van der Waals surface area contributed by atoms with Crippen LogP contribution in [-0.4, -0.2) is 89.3 Å². The van der Waals surface area contributed by atoms with E-state index in [4.69, 9.17) is 9.47 Å². The molecule has 0 spiro atoms. The highest BCUT2D eigenvalue weighted by atomic mass is 31.3. The van der Waals surface area contributed by atoms with Crippen molar-refractivity contribution >= 4 is 15.6 Å². The summed E-state index contributed by atoms with van der Waals surface area (Å²) in [6.45, 7) is 0.517. The highest BCUT2D eigenvalue weighted by molar-refractivity contribution is 7.61. The quantitative estimate of drug-likeness (QED) is 0.167. The number of nitrogens with one attached hydrogen (secondary N) is 1. The Labute approximate surface area is 190 Å². The van der Waals surface area contributed by atoms with Crippen LogP contribution in [0.15, 0.2) is 21.9 Å². The average Bonchev–Trinajstić information content (AvgIpc) is 2.97. The summed E-state index contributed by atoms with van der Waals surface area (Å²) in [5.74, 6) is 0. The third kappa shape index (κ3) is 6.47. The Morgan fingerprint density at radius 3 is 2.41 bits per heavy atom. The minimum atomic E-state index is -5.40. The number of aliphatic hydroxyl groups excluding tert-OH is 4. The van der Waals surface area contributed by atoms with Crippen LogP contribution in [0.4, 0.5) is 0 Å². The SMILES string of the molecule is C[C@@H]1C[C@H](O)[C@@H](O)[C@@H](OP(=O)(O)OP(=O)(O)OC[C@H]2O[C@@H](n3ccc(=O)[nH]c3=O)[C@H](O)[C@@H]2O)O1. The van der Waals surface area contributed by atoms with Crippen molar-refractivity contribution in [2.75, 3.05) is 6.61 Å². The number of nitrogens with zero attached hydrogens (tertiary/aromatic N) is 1. The van der Waals surface area contributed by atoms with E-state index in [0.29, 0.717) is 0 Å². The molecule has 0 aromatic carbocycles. The van der Waals surface area contributed by atoms with Crippen LogP contribution >= 0.6 is 15.6 Å². The van der Waals surface area contributed by atoms with Gasteiger partial charge < -0.3 is 39.7 Å². The van der Waals surface area contributed by atoms with Gasteiger partial charge in [0.15, 0.2) is 12.5 Å². The summed E-state index contributed by atoms with van der Waals surface area (Å²) in [4.78, 5) is 44.5. The molecule has 17 nitrogen and oxygen atoms in total. The molecule has 2 aliphatic heterocycles. The smallest absolute Gasteiger partial charge is 0.390 e. The van der Waals surface area contributed by atoms with Crippen molar-refractivity contribution in [1.82, 2.24) is 9.55 Å². The molecule has 2 aliphatic rings. The van der Waals surface area contributed by atoms with Crippen LogP contribution in [0.5, 0.6) is 0 Å². The van der Waals surface area contributed by atoms with Crippen LogP contribution in [0.1, 0.15) is 19.6 Å². The van der Waals surface area contributed by atoms with Gasteiger partial charge in [-0.2, -0.15) is 4.31 Å². The maximum atomic E-state index is 12.1. The number of aliphatic hydroxyl groups is 4. The van der Waals surface area contributed by atoms with Crippen molar-refractivity contribution in [1.29, 1.82) is 0 Å². The molecule has 0 radical (unpaired) electrons. The van der Waals surface area contributed by atoms with E-state index < -0.39 is 82.6 Å². The molecule has 0 amide bonds. The zero-order valence-electron chi connectivity index (χ0n) is 17.4. The van der Waals surface area contributed by atoms with Gasteiger partial charge in [-0.05, 0) is 6.92 Å². The Bertz CT molecular complexity index is 1080. The first-order valence-corrected chi connectivity index (χ1v) is 12.7. The summed E-state index contributed by atoms with van der Waals surface area (Å²) in [6, 6.07) is 0.953. The Hall–Kier alpha value is -1.30. The predicted octanol–water partition coefficient (Wildman–Crippen LogP) is -2.74. The van der Waals surface area contributed by atoms with Gasteiger partial charge in [-0.15, -0.1) is 0 Å². The summed E-state index contributed by atoms with van der Waals surface area (Å²) in [6.07, 6.45) is -11.1. The van der Waals surface area contributed by atoms with Gasteiger partial charge in [0, 0.05) is 18.7 Å². The topological polar surface area (TPSA) is 257 Å². The van der Waals surface area contributed by atoms with Crippen LogP contribution in [0.3, 0.4) is 0 Å². The lowest BCUT2D eigenvalue weighted by Gasteiger charge is -2.35. The number of hydrogen-bond acceptors (Lipinski definition) is 13. The van der Waals surface area contributed by atoms with Crippen LogP contribution in [0, 0.1) is 0 Å². The van der Waals surface area contributed by atoms with Crippen molar-refractivity contribution in [2.45, 2.75) is 62.5 Å². The molecule has 1 aromatic heterocycles. The normalized spacial score (nSPS) is 37.7. The second-order valence-electron chi connectivity index (χ2n) is 7.59. The monoisotopic (exact) mass is 534 g/mol. The van der Waals surface area contributed by atoms with E-state index in [1.165, 1.54) is 6.92 Å². The molecule has 194 valence electrons. The second kappa shape index (κ2) is 10.4. The van der Waals surface area contributed by atoms with Crippen LogP contribution in [0.2, 0.25) is 0 Å². The Balaban J connectivity index is 1.60. The largest absolute Gasteiger partial charge is 0.483 e. The molecule has 10 atom stereocenters. The second-order valence-corrected chi connectivity index (χ2v) is 10.6. The van der Waals surface area contributed by atoms with Gasteiger partial charge in [0.1, 0.15) is 24.4 Å². The number of rotatable bonds is 8. The molecule has 0 saturated carbocycles. The number of phosphoric acid groups is 2. The van der Waals surface area contributed by atoms with Crippen LogP contribution < -0.4 is 11.2 Å². The summed E-state index contributed by atoms with van der Waals surface area (Å²) in [7, 11) is -10.8. The van der Waals surface area contributed by atoms with Gasteiger partial charge in [0.25, 0.3) is 5.56 Å². The summed E-state index contributed by atoms with van der Waals surface area (Å²) >= 11 is 0. The minimum absolute atomic E-state index is 0.000958. The molecule has 2 unspecified atom stereocenters. The maximum Gasteiger partial charge on any atom is 0.483 e. The third-order valence-corrected chi connectivity index (χ3v) is 7.52. The van der Waals surface area contributed by atoms with Gasteiger partial charge in [-0.3, -0.25) is 23.4 Å². The number of ether oxygens (including phenoxy) is 2. The lowest BCUT2D eigenvalue weighted by atomic mass is 10.0. The fourth-order valence-electron chi connectivity index (χ4n) is 3.31. The van der Waals surface area contributed by atoms with Gasteiger partial charge in [0.05, 0.1) is 18.8 Å². The van der Waals surface area contributed by atoms with Crippen LogP contribution in [-0.2, 0) is 32.0 Å². The average molecular weight is 534 g/mol. The number of phosphoric ester groups is 2. The Morgan fingerprint density at radius 2 is 1.76 bits per heavy atom. The molecule has 3 rings (SSSR count).